The Morgan fingerprint density at radius 1 is 1.38 bits per heavy atom. The maximum atomic E-state index is 9.44. The van der Waals surface area contributed by atoms with Crippen LogP contribution in [0.5, 0.6) is 0 Å². The SMILES string of the molecule is Cc1nc(CN(C)CC2CCN(C[C@H](C)O)CC2)oc1C. The second-order valence-electron chi connectivity index (χ2n) is 6.54. The summed E-state index contributed by atoms with van der Waals surface area (Å²) >= 11 is 0. The Balaban J connectivity index is 1.73. The van der Waals surface area contributed by atoms with Crippen LogP contribution in [0.4, 0.5) is 0 Å². The zero-order valence-corrected chi connectivity index (χ0v) is 13.8. The molecule has 0 bridgehead atoms. The number of piperidine rings is 1. The van der Waals surface area contributed by atoms with Crippen LogP contribution in [0.3, 0.4) is 0 Å². The average molecular weight is 295 g/mol. The zero-order chi connectivity index (χ0) is 15.4. The van der Waals surface area contributed by atoms with Crippen molar-refractivity contribution in [2.24, 2.45) is 5.92 Å². The van der Waals surface area contributed by atoms with Crippen LogP contribution in [-0.4, -0.2) is 59.2 Å². The van der Waals surface area contributed by atoms with Crippen molar-refractivity contribution in [1.82, 2.24) is 14.8 Å². The minimum Gasteiger partial charge on any atom is -0.444 e. The summed E-state index contributed by atoms with van der Waals surface area (Å²) in [5.41, 5.74) is 0.991. The van der Waals surface area contributed by atoms with Gasteiger partial charge in [-0.3, -0.25) is 4.90 Å². The van der Waals surface area contributed by atoms with Gasteiger partial charge >= 0.3 is 0 Å². The molecule has 1 aromatic rings. The van der Waals surface area contributed by atoms with Gasteiger partial charge in [-0.2, -0.15) is 0 Å². The van der Waals surface area contributed by atoms with Crippen molar-refractivity contribution >= 4 is 0 Å². The van der Waals surface area contributed by atoms with E-state index in [1.54, 1.807) is 0 Å². The number of aryl methyl sites for hydroxylation is 2. The van der Waals surface area contributed by atoms with Gasteiger partial charge in [0.05, 0.1) is 18.3 Å². The molecule has 2 heterocycles. The standard InChI is InChI=1S/C16H29N3O2/c1-12(20)9-19-7-5-15(6-8-19)10-18(4)11-16-17-13(2)14(3)21-16/h12,15,20H,5-11H2,1-4H3/t12-/m0/s1. The summed E-state index contributed by atoms with van der Waals surface area (Å²) in [4.78, 5) is 9.11. The van der Waals surface area contributed by atoms with Crippen molar-refractivity contribution in [1.29, 1.82) is 0 Å². The van der Waals surface area contributed by atoms with E-state index in [0.29, 0.717) is 0 Å². The molecule has 1 N–H and O–H groups in total. The summed E-state index contributed by atoms with van der Waals surface area (Å²) in [7, 11) is 2.14. The first-order valence-corrected chi connectivity index (χ1v) is 7.96. The number of aliphatic hydroxyl groups is 1. The van der Waals surface area contributed by atoms with Crippen molar-refractivity contribution in [3.63, 3.8) is 0 Å². The molecule has 1 atom stereocenters. The number of oxazole rings is 1. The van der Waals surface area contributed by atoms with Crippen LogP contribution < -0.4 is 0 Å². The third-order valence-electron chi connectivity index (χ3n) is 4.28. The Bertz CT molecular complexity index is 417. The molecule has 0 saturated carbocycles. The molecule has 0 radical (unpaired) electrons. The highest BCUT2D eigenvalue weighted by Gasteiger charge is 2.21. The lowest BCUT2D eigenvalue weighted by Gasteiger charge is -2.34. The zero-order valence-electron chi connectivity index (χ0n) is 13.8. The predicted octanol–water partition coefficient (Wildman–Crippen LogP) is 1.82. The Morgan fingerprint density at radius 3 is 2.57 bits per heavy atom. The van der Waals surface area contributed by atoms with E-state index in [1.165, 1.54) is 12.8 Å². The number of likely N-dealkylation sites (tertiary alicyclic amines) is 1. The fourth-order valence-electron chi connectivity index (χ4n) is 3.07. The van der Waals surface area contributed by atoms with Gasteiger partial charge in [0.25, 0.3) is 0 Å². The number of aliphatic hydroxyl groups excluding tert-OH is 1. The van der Waals surface area contributed by atoms with E-state index >= 15 is 0 Å². The van der Waals surface area contributed by atoms with Gasteiger partial charge in [0.2, 0.25) is 5.89 Å². The number of nitrogens with zero attached hydrogens (tertiary/aromatic N) is 3. The molecule has 0 amide bonds. The molecular formula is C16H29N3O2. The lowest BCUT2D eigenvalue weighted by atomic mass is 9.96. The summed E-state index contributed by atoms with van der Waals surface area (Å²) < 4.78 is 5.65. The summed E-state index contributed by atoms with van der Waals surface area (Å²) in [6, 6.07) is 0. The van der Waals surface area contributed by atoms with Crippen molar-refractivity contribution < 1.29 is 9.52 Å². The average Bonchev–Trinajstić information content (AvgIpc) is 2.70. The van der Waals surface area contributed by atoms with Crippen LogP contribution in [0.2, 0.25) is 0 Å². The monoisotopic (exact) mass is 295 g/mol. The molecule has 0 aliphatic carbocycles. The molecule has 21 heavy (non-hydrogen) atoms. The minimum atomic E-state index is -0.222. The Kier molecular flexibility index (Phi) is 5.79. The van der Waals surface area contributed by atoms with Crippen molar-refractivity contribution in [3.05, 3.63) is 17.3 Å². The fraction of sp³-hybridized carbons (Fsp3) is 0.812. The van der Waals surface area contributed by atoms with Crippen LogP contribution in [0.25, 0.3) is 0 Å². The molecule has 2 rings (SSSR count). The second-order valence-corrected chi connectivity index (χ2v) is 6.54. The van der Waals surface area contributed by atoms with Crippen molar-refractivity contribution in [2.75, 3.05) is 33.2 Å². The fourth-order valence-corrected chi connectivity index (χ4v) is 3.07. The van der Waals surface area contributed by atoms with E-state index in [4.69, 9.17) is 4.42 Å². The van der Waals surface area contributed by atoms with Gasteiger partial charge < -0.3 is 14.4 Å². The predicted molar refractivity (Wildman–Crippen MR) is 83.2 cm³/mol. The van der Waals surface area contributed by atoms with Gasteiger partial charge in [0.15, 0.2) is 0 Å². The van der Waals surface area contributed by atoms with E-state index in [0.717, 1.165) is 56.0 Å². The lowest BCUT2D eigenvalue weighted by molar-refractivity contribution is 0.0910. The third kappa shape index (κ3) is 5.09. The molecule has 1 aliphatic heterocycles. The highest BCUT2D eigenvalue weighted by Crippen LogP contribution is 2.19. The Hall–Kier alpha value is -0.910. The van der Waals surface area contributed by atoms with Gasteiger partial charge in [-0.1, -0.05) is 0 Å². The van der Waals surface area contributed by atoms with Gasteiger partial charge in [0, 0.05) is 13.1 Å². The number of rotatable bonds is 6. The molecule has 5 nitrogen and oxygen atoms in total. The van der Waals surface area contributed by atoms with E-state index < -0.39 is 0 Å². The number of β-amino-alcohol motifs (C(OH)–C–C–N with tert-alkyl or cyclic N) is 1. The topological polar surface area (TPSA) is 52.7 Å². The van der Waals surface area contributed by atoms with Crippen LogP contribution in [0.15, 0.2) is 4.42 Å². The van der Waals surface area contributed by atoms with Gasteiger partial charge in [0.1, 0.15) is 5.76 Å². The summed E-state index contributed by atoms with van der Waals surface area (Å²) in [6.07, 6.45) is 2.20. The molecule has 0 aromatic carbocycles. The molecule has 5 heteroatoms. The summed E-state index contributed by atoms with van der Waals surface area (Å²) in [5.74, 6) is 2.47. The van der Waals surface area contributed by atoms with E-state index in [-0.39, 0.29) is 6.10 Å². The molecule has 0 spiro atoms. The molecule has 1 saturated heterocycles. The Morgan fingerprint density at radius 2 is 2.05 bits per heavy atom. The minimum absolute atomic E-state index is 0.222. The first-order valence-electron chi connectivity index (χ1n) is 7.96. The summed E-state index contributed by atoms with van der Waals surface area (Å²) in [6.45, 7) is 10.7. The van der Waals surface area contributed by atoms with Crippen LogP contribution in [-0.2, 0) is 6.54 Å². The van der Waals surface area contributed by atoms with E-state index in [1.807, 2.05) is 20.8 Å². The molecule has 0 unspecified atom stereocenters. The number of aromatic nitrogens is 1. The van der Waals surface area contributed by atoms with E-state index in [9.17, 15) is 5.11 Å². The first-order chi connectivity index (χ1) is 9.94. The molecule has 1 aromatic heterocycles. The Labute approximate surface area is 127 Å². The van der Waals surface area contributed by atoms with Crippen LogP contribution in [0.1, 0.15) is 37.1 Å². The molecule has 1 aliphatic rings. The number of hydrogen-bond acceptors (Lipinski definition) is 5. The van der Waals surface area contributed by atoms with Crippen molar-refractivity contribution in [3.8, 4) is 0 Å². The van der Waals surface area contributed by atoms with Crippen molar-refractivity contribution in [2.45, 2.75) is 46.3 Å². The molecular weight excluding hydrogens is 266 g/mol. The maximum absolute atomic E-state index is 9.44. The first kappa shape index (κ1) is 16.5. The van der Waals surface area contributed by atoms with Crippen LogP contribution in [0, 0.1) is 19.8 Å². The van der Waals surface area contributed by atoms with Gasteiger partial charge in [-0.25, -0.2) is 4.98 Å². The quantitative estimate of drug-likeness (QED) is 0.867. The largest absolute Gasteiger partial charge is 0.444 e. The summed E-state index contributed by atoms with van der Waals surface area (Å²) in [5, 5.41) is 9.44. The van der Waals surface area contributed by atoms with E-state index in [2.05, 4.69) is 21.8 Å². The molecule has 1 fully saturated rings. The second kappa shape index (κ2) is 7.38. The highest BCUT2D eigenvalue weighted by atomic mass is 16.4. The normalized spacial score (nSPS) is 19.3. The van der Waals surface area contributed by atoms with Gasteiger partial charge in [-0.05, 0) is 59.7 Å². The maximum Gasteiger partial charge on any atom is 0.208 e. The number of hydrogen-bond donors (Lipinski definition) is 1. The highest BCUT2D eigenvalue weighted by molar-refractivity contribution is 5.05. The lowest BCUT2D eigenvalue weighted by Crippen LogP contribution is -2.40. The van der Waals surface area contributed by atoms with Gasteiger partial charge in [-0.15, -0.1) is 0 Å². The third-order valence-corrected chi connectivity index (χ3v) is 4.28. The smallest absolute Gasteiger partial charge is 0.208 e. The van der Waals surface area contributed by atoms with Crippen LogP contribution >= 0.6 is 0 Å². The molecule has 120 valence electrons.